The van der Waals surface area contributed by atoms with E-state index in [0.29, 0.717) is 0 Å². The van der Waals surface area contributed by atoms with Crippen LogP contribution in [0.5, 0.6) is 0 Å². The highest BCUT2D eigenvalue weighted by atomic mass is 32.2. The van der Waals surface area contributed by atoms with E-state index in [1.54, 1.807) is 11.8 Å². The highest BCUT2D eigenvalue weighted by Gasteiger charge is 2.32. The van der Waals surface area contributed by atoms with Gasteiger partial charge in [0.15, 0.2) is 0 Å². The van der Waals surface area contributed by atoms with Gasteiger partial charge in [-0.05, 0) is 20.9 Å². The molecular formula is C12H25N3O2S. The van der Waals surface area contributed by atoms with E-state index < -0.39 is 16.8 Å². The smallest absolute Gasteiger partial charge is 0.321 e. The molecule has 1 rings (SSSR count). The first-order valence-corrected chi connectivity index (χ1v) is 7.35. The fourth-order valence-corrected chi connectivity index (χ4v) is 3.05. The Morgan fingerprint density at radius 3 is 2.44 bits per heavy atom. The predicted molar refractivity (Wildman–Crippen MR) is 76.1 cm³/mol. The average molecular weight is 275 g/mol. The molecule has 6 heteroatoms. The van der Waals surface area contributed by atoms with Gasteiger partial charge in [-0.1, -0.05) is 0 Å². The van der Waals surface area contributed by atoms with Crippen molar-refractivity contribution in [3.8, 4) is 0 Å². The number of carboxylic acids is 1. The lowest BCUT2D eigenvalue weighted by Gasteiger charge is -2.33. The number of aliphatic carboxylic acids is 1. The lowest BCUT2D eigenvalue weighted by Crippen LogP contribution is -2.48. The lowest BCUT2D eigenvalue weighted by molar-refractivity contribution is -0.139. The van der Waals surface area contributed by atoms with Gasteiger partial charge in [-0.3, -0.25) is 9.69 Å². The molecule has 1 saturated heterocycles. The fourth-order valence-electron chi connectivity index (χ4n) is 1.90. The molecule has 0 spiro atoms. The van der Waals surface area contributed by atoms with Crippen LogP contribution in [0.2, 0.25) is 0 Å². The van der Waals surface area contributed by atoms with Crippen molar-refractivity contribution in [3.05, 3.63) is 0 Å². The summed E-state index contributed by atoms with van der Waals surface area (Å²) in [6, 6.07) is -0.810. The van der Waals surface area contributed by atoms with Gasteiger partial charge in [-0.2, -0.15) is 11.8 Å². The molecule has 1 fully saturated rings. The van der Waals surface area contributed by atoms with Crippen molar-refractivity contribution in [1.82, 2.24) is 9.80 Å². The minimum atomic E-state index is -0.924. The Bertz CT molecular complexity index is 278. The quantitative estimate of drug-likeness (QED) is 0.719. The molecule has 1 heterocycles. The molecule has 0 saturated carbocycles. The molecule has 106 valence electrons. The lowest BCUT2D eigenvalue weighted by atomic mass is 10.1. The van der Waals surface area contributed by atoms with E-state index in [1.165, 1.54) is 0 Å². The normalized spacial score (nSPS) is 20.9. The van der Waals surface area contributed by atoms with E-state index in [1.807, 2.05) is 13.8 Å². The van der Waals surface area contributed by atoms with Crippen LogP contribution < -0.4 is 5.73 Å². The van der Waals surface area contributed by atoms with Crippen LogP contribution in [-0.4, -0.2) is 77.2 Å². The average Bonchev–Trinajstić information content (AvgIpc) is 2.30. The van der Waals surface area contributed by atoms with E-state index in [0.717, 1.165) is 38.5 Å². The Balaban J connectivity index is 2.26. The topological polar surface area (TPSA) is 69.8 Å². The zero-order chi connectivity index (χ0) is 13.8. The summed E-state index contributed by atoms with van der Waals surface area (Å²) >= 11 is 1.65. The Kier molecular flexibility index (Phi) is 5.91. The van der Waals surface area contributed by atoms with E-state index in [-0.39, 0.29) is 0 Å². The Morgan fingerprint density at radius 1 is 1.39 bits per heavy atom. The molecule has 1 aliphatic heterocycles. The summed E-state index contributed by atoms with van der Waals surface area (Å²) in [5.41, 5.74) is 5.69. The van der Waals surface area contributed by atoms with Gasteiger partial charge in [0, 0.05) is 43.2 Å². The molecule has 0 bridgehead atoms. The van der Waals surface area contributed by atoms with Crippen molar-refractivity contribution < 1.29 is 9.90 Å². The number of piperazine rings is 1. The summed E-state index contributed by atoms with van der Waals surface area (Å²) in [6.07, 6.45) is 0. The Morgan fingerprint density at radius 2 is 1.94 bits per heavy atom. The third-order valence-corrected chi connectivity index (χ3v) is 4.88. The minimum absolute atomic E-state index is 0.418. The summed E-state index contributed by atoms with van der Waals surface area (Å²) in [5.74, 6) is 0.00428. The number of nitrogens with two attached hydrogens (primary N) is 1. The minimum Gasteiger partial charge on any atom is -0.480 e. The van der Waals surface area contributed by atoms with Gasteiger partial charge in [0.05, 0.1) is 0 Å². The van der Waals surface area contributed by atoms with Crippen LogP contribution in [-0.2, 0) is 4.79 Å². The molecule has 18 heavy (non-hydrogen) atoms. The van der Waals surface area contributed by atoms with Gasteiger partial charge in [-0.15, -0.1) is 0 Å². The van der Waals surface area contributed by atoms with Crippen LogP contribution in [0.25, 0.3) is 0 Å². The van der Waals surface area contributed by atoms with Crippen LogP contribution in [0.15, 0.2) is 0 Å². The molecule has 1 atom stereocenters. The maximum Gasteiger partial charge on any atom is 0.321 e. The van der Waals surface area contributed by atoms with Crippen molar-refractivity contribution in [1.29, 1.82) is 0 Å². The van der Waals surface area contributed by atoms with Crippen LogP contribution in [0.1, 0.15) is 13.8 Å². The van der Waals surface area contributed by atoms with Crippen molar-refractivity contribution in [2.24, 2.45) is 5.73 Å². The van der Waals surface area contributed by atoms with Gasteiger partial charge >= 0.3 is 5.97 Å². The van der Waals surface area contributed by atoms with E-state index in [9.17, 15) is 4.79 Å². The maximum atomic E-state index is 10.9. The second-order valence-electron chi connectivity index (χ2n) is 5.41. The predicted octanol–water partition coefficient (Wildman–Crippen LogP) is 0.158. The number of hydrogen-bond donors (Lipinski definition) is 2. The first-order valence-electron chi connectivity index (χ1n) is 6.36. The van der Waals surface area contributed by atoms with Crippen LogP contribution >= 0.6 is 11.8 Å². The molecule has 0 unspecified atom stereocenters. The van der Waals surface area contributed by atoms with Gasteiger partial charge in [-0.25, -0.2) is 0 Å². The van der Waals surface area contributed by atoms with Crippen molar-refractivity contribution >= 4 is 17.7 Å². The third-order valence-electron chi connectivity index (χ3n) is 3.49. The van der Waals surface area contributed by atoms with Gasteiger partial charge in [0.25, 0.3) is 0 Å². The first-order chi connectivity index (χ1) is 8.33. The van der Waals surface area contributed by atoms with Crippen molar-refractivity contribution in [2.45, 2.75) is 24.6 Å². The molecule has 0 radical (unpaired) electrons. The number of carboxylic acid groups (broad SMARTS) is 1. The van der Waals surface area contributed by atoms with Crippen LogP contribution in [0, 0.1) is 0 Å². The molecule has 0 amide bonds. The molecule has 0 aromatic heterocycles. The van der Waals surface area contributed by atoms with Gasteiger partial charge in [0.1, 0.15) is 6.04 Å². The molecule has 1 aliphatic rings. The molecule has 0 aliphatic carbocycles. The largest absolute Gasteiger partial charge is 0.480 e. The first kappa shape index (κ1) is 15.8. The summed E-state index contributed by atoms with van der Waals surface area (Å²) in [7, 11) is 2.14. The zero-order valence-electron chi connectivity index (χ0n) is 11.6. The van der Waals surface area contributed by atoms with Crippen LogP contribution in [0.3, 0.4) is 0 Å². The van der Waals surface area contributed by atoms with Crippen molar-refractivity contribution in [2.75, 3.05) is 45.5 Å². The molecule has 5 nitrogen and oxygen atoms in total. The molecule has 0 aromatic rings. The molecule has 0 aromatic carbocycles. The number of thioether (sulfide) groups is 1. The Hall–Kier alpha value is -0.300. The number of likely N-dealkylation sites (N-methyl/N-ethyl adjacent to an activating group) is 1. The summed E-state index contributed by atoms with van der Waals surface area (Å²) in [6.45, 7) is 9.24. The monoisotopic (exact) mass is 275 g/mol. The molecular weight excluding hydrogens is 250 g/mol. The third kappa shape index (κ3) is 4.76. The van der Waals surface area contributed by atoms with E-state index in [2.05, 4.69) is 16.8 Å². The highest BCUT2D eigenvalue weighted by molar-refractivity contribution is 8.00. The Labute approximate surface area is 114 Å². The second-order valence-corrected chi connectivity index (χ2v) is 7.16. The van der Waals surface area contributed by atoms with Crippen molar-refractivity contribution in [3.63, 3.8) is 0 Å². The fraction of sp³-hybridized carbons (Fsp3) is 0.917. The van der Waals surface area contributed by atoms with Crippen LogP contribution in [0.4, 0.5) is 0 Å². The highest BCUT2D eigenvalue weighted by Crippen LogP contribution is 2.27. The summed E-state index contributed by atoms with van der Waals surface area (Å²) in [4.78, 5) is 15.6. The zero-order valence-corrected chi connectivity index (χ0v) is 12.4. The van der Waals surface area contributed by atoms with Gasteiger partial charge in [0.2, 0.25) is 0 Å². The summed E-state index contributed by atoms with van der Waals surface area (Å²) < 4.78 is -0.418. The number of rotatable bonds is 6. The maximum absolute atomic E-state index is 10.9. The number of nitrogens with zero attached hydrogens (tertiary/aromatic N) is 2. The van der Waals surface area contributed by atoms with Gasteiger partial charge < -0.3 is 15.7 Å². The summed E-state index contributed by atoms with van der Waals surface area (Å²) in [5, 5.41) is 8.94. The standard InChI is InChI=1S/C12H25N3O2S/c1-12(2,10(13)11(16)17)18-9-8-15-6-4-14(3)5-7-15/h10H,4-9,13H2,1-3H3,(H,16,17)/t10-/m0/s1. The number of hydrogen-bond acceptors (Lipinski definition) is 5. The SMILES string of the molecule is CN1CCN(CCSC(C)(C)[C@@H](N)C(=O)O)CC1. The second kappa shape index (κ2) is 6.75. The van der Waals surface area contributed by atoms with E-state index >= 15 is 0 Å². The molecule has 3 N–H and O–H groups in total. The van der Waals surface area contributed by atoms with E-state index in [4.69, 9.17) is 10.8 Å². The number of carbonyl (C=O) groups is 1.